The van der Waals surface area contributed by atoms with Crippen molar-refractivity contribution in [3.63, 3.8) is 0 Å². The van der Waals surface area contributed by atoms with Crippen molar-refractivity contribution in [3.05, 3.63) is 63.7 Å². The van der Waals surface area contributed by atoms with E-state index in [1.54, 1.807) is 12.1 Å². The third kappa shape index (κ3) is 4.03. The quantitative estimate of drug-likeness (QED) is 0.650. The van der Waals surface area contributed by atoms with Crippen molar-refractivity contribution in [2.45, 2.75) is 30.9 Å². The van der Waals surface area contributed by atoms with Crippen LogP contribution >= 0.6 is 0 Å². The molecule has 132 valence electrons. The third-order valence-corrected chi connectivity index (χ3v) is 6.06. The highest BCUT2D eigenvalue weighted by Gasteiger charge is 2.30. The molecular weight excluding hydrogens is 344 g/mol. The Balaban J connectivity index is 2.21. The Bertz CT molecular complexity index is 921. The number of hydrogen-bond donors (Lipinski definition) is 1. The zero-order valence-corrected chi connectivity index (χ0v) is 14.8. The Morgan fingerprint density at radius 3 is 2.20 bits per heavy atom. The van der Waals surface area contributed by atoms with Crippen molar-refractivity contribution in [3.8, 4) is 0 Å². The Hall–Kier alpha value is -2.74. The number of rotatable bonds is 5. The number of amides is 1. The summed E-state index contributed by atoms with van der Waals surface area (Å²) in [5, 5.41) is 11.9. The van der Waals surface area contributed by atoms with E-state index in [0.717, 1.165) is 35.4 Å². The average molecular weight is 362 g/mol. The molecule has 1 amide bonds. The molecule has 0 radical (unpaired) electrons. The van der Waals surface area contributed by atoms with Gasteiger partial charge in [0.2, 0.25) is 5.91 Å². The van der Waals surface area contributed by atoms with Gasteiger partial charge in [0.15, 0.2) is 9.84 Å². The van der Waals surface area contributed by atoms with Gasteiger partial charge in [-0.15, -0.1) is 0 Å². The van der Waals surface area contributed by atoms with E-state index < -0.39 is 25.9 Å². The van der Waals surface area contributed by atoms with E-state index in [1.807, 2.05) is 19.9 Å². The molecule has 0 aromatic heterocycles. The molecule has 0 saturated heterocycles. The largest absolute Gasteiger partial charge is 0.325 e. The van der Waals surface area contributed by atoms with E-state index in [2.05, 4.69) is 5.32 Å². The molecule has 25 heavy (non-hydrogen) atoms. The van der Waals surface area contributed by atoms with Gasteiger partial charge in [-0.05, 0) is 56.2 Å². The maximum Gasteiger partial charge on any atom is 0.269 e. The first-order valence-electron chi connectivity index (χ1n) is 7.49. The van der Waals surface area contributed by atoms with Crippen LogP contribution in [0.4, 0.5) is 11.4 Å². The van der Waals surface area contributed by atoms with Crippen molar-refractivity contribution >= 4 is 27.1 Å². The van der Waals surface area contributed by atoms with E-state index in [4.69, 9.17) is 0 Å². The van der Waals surface area contributed by atoms with Crippen molar-refractivity contribution in [2.24, 2.45) is 0 Å². The van der Waals surface area contributed by atoms with Gasteiger partial charge in [-0.25, -0.2) is 8.42 Å². The van der Waals surface area contributed by atoms with E-state index >= 15 is 0 Å². The molecule has 2 aromatic carbocycles. The van der Waals surface area contributed by atoms with Gasteiger partial charge in [-0.2, -0.15) is 0 Å². The van der Waals surface area contributed by atoms with Gasteiger partial charge in [-0.3, -0.25) is 14.9 Å². The molecular formula is C17H18N2O5S. The minimum Gasteiger partial charge on any atom is -0.325 e. The van der Waals surface area contributed by atoms with Crippen molar-refractivity contribution in [2.75, 3.05) is 5.32 Å². The van der Waals surface area contributed by atoms with Gasteiger partial charge < -0.3 is 5.32 Å². The third-order valence-electron chi connectivity index (χ3n) is 3.99. The first kappa shape index (κ1) is 18.6. The smallest absolute Gasteiger partial charge is 0.269 e. The van der Waals surface area contributed by atoms with Crippen molar-refractivity contribution in [1.29, 1.82) is 0 Å². The van der Waals surface area contributed by atoms with Crippen LogP contribution in [0.25, 0.3) is 0 Å². The van der Waals surface area contributed by atoms with Crippen LogP contribution in [-0.4, -0.2) is 24.5 Å². The second-order valence-electron chi connectivity index (χ2n) is 5.73. The average Bonchev–Trinajstić information content (AvgIpc) is 2.57. The molecule has 0 fully saturated rings. The van der Waals surface area contributed by atoms with Gasteiger partial charge in [0.05, 0.1) is 9.82 Å². The molecule has 0 aliphatic carbocycles. The lowest BCUT2D eigenvalue weighted by Gasteiger charge is -2.14. The van der Waals surface area contributed by atoms with Crippen LogP contribution in [0.2, 0.25) is 0 Å². The zero-order chi connectivity index (χ0) is 18.8. The minimum atomic E-state index is -3.95. The van der Waals surface area contributed by atoms with E-state index in [-0.39, 0.29) is 10.6 Å². The number of nitro benzene ring substituents is 1. The van der Waals surface area contributed by atoms with Crippen molar-refractivity contribution in [1.82, 2.24) is 0 Å². The van der Waals surface area contributed by atoms with E-state index in [1.165, 1.54) is 6.92 Å². The molecule has 0 bridgehead atoms. The fourth-order valence-corrected chi connectivity index (χ4v) is 3.43. The summed E-state index contributed by atoms with van der Waals surface area (Å²) in [7, 11) is -3.95. The highest BCUT2D eigenvalue weighted by molar-refractivity contribution is 7.92. The number of nitrogens with one attached hydrogen (secondary N) is 1. The summed E-state index contributed by atoms with van der Waals surface area (Å²) in [6.45, 7) is 5.11. The van der Waals surface area contributed by atoms with Gasteiger partial charge >= 0.3 is 0 Å². The molecule has 1 atom stereocenters. The number of anilines is 1. The molecule has 8 heteroatoms. The van der Waals surface area contributed by atoms with Crippen LogP contribution in [0.5, 0.6) is 0 Å². The summed E-state index contributed by atoms with van der Waals surface area (Å²) in [5.74, 6) is -0.665. The lowest BCUT2D eigenvalue weighted by Crippen LogP contribution is -2.32. The number of non-ortho nitro benzene ring substituents is 1. The second kappa shape index (κ2) is 7.02. The SMILES string of the molecule is Cc1ccc(NC(=O)[C@@H](C)S(=O)(=O)c2ccc([N+](=O)[O-])cc2)cc1C. The van der Waals surface area contributed by atoms with Crippen LogP contribution in [-0.2, 0) is 14.6 Å². The molecule has 0 aliphatic rings. The Labute approximate surface area is 145 Å². The predicted octanol–water partition coefficient (Wildman–Crippen LogP) is 3.01. The standard InChI is InChI=1S/C17H18N2O5S/c1-11-4-5-14(10-12(11)2)18-17(20)13(3)25(23,24)16-8-6-15(7-9-16)19(21)22/h4-10,13H,1-3H3,(H,18,20)/t13-/m1/s1. The maximum absolute atomic E-state index is 12.5. The van der Waals surface area contributed by atoms with Crippen LogP contribution in [0.3, 0.4) is 0 Å². The topological polar surface area (TPSA) is 106 Å². The predicted molar refractivity (Wildman–Crippen MR) is 94.3 cm³/mol. The monoisotopic (exact) mass is 362 g/mol. The number of nitro groups is 1. The molecule has 0 aliphatic heterocycles. The number of carbonyl (C=O) groups excluding carboxylic acids is 1. The van der Waals surface area contributed by atoms with Gasteiger partial charge in [0.1, 0.15) is 5.25 Å². The summed E-state index contributed by atoms with van der Waals surface area (Å²) in [5.41, 5.74) is 2.33. The Kier molecular flexibility index (Phi) is 5.22. The molecule has 0 unspecified atom stereocenters. The highest BCUT2D eigenvalue weighted by Crippen LogP contribution is 2.21. The molecule has 2 rings (SSSR count). The number of hydrogen-bond acceptors (Lipinski definition) is 5. The number of sulfone groups is 1. The summed E-state index contributed by atoms with van der Waals surface area (Å²) in [6.07, 6.45) is 0. The van der Waals surface area contributed by atoms with Gasteiger partial charge in [-0.1, -0.05) is 6.07 Å². The molecule has 2 aromatic rings. The van der Waals surface area contributed by atoms with Gasteiger partial charge in [0, 0.05) is 17.8 Å². The highest BCUT2D eigenvalue weighted by atomic mass is 32.2. The maximum atomic E-state index is 12.5. The van der Waals surface area contributed by atoms with Crippen LogP contribution in [0.15, 0.2) is 47.4 Å². The number of nitrogens with zero attached hydrogens (tertiary/aromatic N) is 1. The van der Waals surface area contributed by atoms with Crippen LogP contribution in [0, 0.1) is 24.0 Å². The van der Waals surface area contributed by atoms with Crippen molar-refractivity contribution < 1.29 is 18.1 Å². The normalized spacial score (nSPS) is 12.4. The lowest BCUT2D eigenvalue weighted by molar-refractivity contribution is -0.384. The fourth-order valence-electron chi connectivity index (χ4n) is 2.17. The first-order chi connectivity index (χ1) is 11.6. The van der Waals surface area contributed by atoms with E-state index in [9.17, 15) is 23.3 Å². The second-order valence-corrected chi connectivity index (χ2v) is 8.00. The summed E-state index contributed by atoms with van der Waals surface area (Å²) in [6, 6.07) is 9.76. The Morgan fingerprint density at radius 2 is 1.68 bits per heavy atom. The number of aryl methyl sites for hydroxylation is 2. The molecule has 0 heterocycles. The Morgan fingerprint density at radius 1 is 1.08 bits per heavy atom. The molecule has 0 saturated carbocycles. The molecule has 7 nitrogen and oxygen atoms in total. The van der Waals surface area contributed by atoms with Gasteiger partial charge in [0.25, 0.3) is 5.69 Å². The first-order valence-corrected chi connectivity index (χ1v) is 9.04. The number of benzene rings is 2. The lowest BCUT2D eigenvalue weighted by atomic mass is 10.1. The fraction of sp³-hybridized carbons (Fsp3) is 0.235. The summed E-state index contributed by atoms with van der Waals surface area (Å²) < 4.78 is 25.1. The molecule has 0 spiro atoms. The van der Waals surface area contributed by atoms with E-state index in [0.29, 0.717) is 5.69 Å². The number of carbonyl (C=O) groups is 1. The summed E-state index contributed by atoms with van der Waals surface area (Å²) >= 11 is 0. The molecule has 1 N–H and O–H groups in total. The van der Waals surface area contributed by atoms with Crippen LogP contribution < -0.4 is 5.32 Å². The zero-order valence-electron chi connectivity index (χ0n) is 14.0. The summed E-state index contributed by atoms with van der Waals surface area (Å²) in [4.78, 5) is 22.2. The van der Waals surface area contributed by atoms with Crippen LogP contribution in [0.1, 0.15) is 18.1 Å². The minimum absolute atomic E-state index is 0.138.